The van der Waals surface area contributed by atoms with Crippen LogP contribution in [-0.4, -0.2) is 112 Å². The van der Waals surface area contributed by atoms with Gasteiger partial charge in [0.2, 0.25) is 15.9 Å². The minimum absolute atomic E-state index is 0.0467. The molecule has 38 heavy (non-hydrogen) atoms. The molecule has 0 heterocycles. The number of methoxy groups -OCH3 is 1. The lowest BCUT2D eigenvalue weighted by molar-refractivity contribution is -0.136. The second-order valence-electron chi connectivity index (χ2n) is 10.5. The molecule has 9 nitrogen and oxygen atoms in total. The normalized spacial score (nSPS) is 19.9. The number of likely N-dealkylation sites (N-methyl/N-ethyl adjacent to an activating group) is 2. The summed E-state index contributed by atoms with van der Waals surface area (Å²) in [6, 6.07) is 4.90. The van der Waals surface area contributed by atoms with E-state index >= 15 is 0 Å². The third-order valence-electron chi connectivity index (χ3n) is 7.73. The molecular weight excluding hydrogens is 619 g/mol. The number of sulfonamides is 1. The number of carbonyl (C=O) groups excluding carboxylic acids is 1. The van der Waals surface area contributed by atoms with Crippen LogP contribution in [-0.2, 0) is 19.6 Å². The zero-order valence-corrected chi connectivity index (χ0v) is 26.5. The third kappa shape index (κ3) is 8.50. The molecule has 11 heteroatoms. The number of halogens is 1. The summed E-state index contributed by atoms with van der Waals surface area (Å²) in [5.41, 5.74) is 1.27. The highest BCUT2D eigenvalue weighted by molar-refractivity contribution is 14.1. The zero-order valence-electron chi connectivity index (χ0n) is 23.5. The maximum atomic E-state index is 13.2. The van der Waals surface area contributed by atoms with E-state index in [9.17, 15) is 13.2 Å². The van der Waals surface area contributed by atoms with Gasteiger partial charge in [0.15, 0.2) is 0 Å². The number of nitrogens with zero attached hydrogens (tertiary/aromatic N) is 3. The molecule has 2 atom stereocenters. The van der Waals surface area contributed by atoms with Gasteiger partial charge in [-0.15, -0.1) is 0 Å². The SMILES string of the molecule is COc1cc(C)c(S(=O)(=O)N(C)CCOCC(=O)N(C)[C@@H]2CC[C@H](N(CCI)CCNC3CC3)C2)c(C)c1. The summed E-state index contributed by atoms with van der Waals surface area (Å²) in [5, 5.41) is 3.61. The standard InChI is InChI=1S/C27H45IN4O5S/c1-20-16-25(36-5)17-21(2)27(20)38(34,35)30(3)14-15-37-19-26(33)31(4)23-8-9-24(18-23)32(12-10-28)13-11-29-22-6-7-22/h16-17,22-24,29H,6-15,18-19H2,1-5H3/t23-,24+/m1/s1. The Bertz CT molecular complexity index is 1010. The number of carbonyl (C=O) groups is 1. The summed E-state index contributed by atoms with van der Waals surface area (Å²) in [6.45, 7) is 6.97. The number of amides is 1. The van der Waals surface area contributed by atoms with Crippen molar-refractivity contribution in [1.82, 2.24) is 19.4 Å². The maximum Gasteiger partial charge on any atom is 0.248 e. The first kappa shape index (κ1) is 31.5. The van der Waals surface area contributed by atoms with Gasteiger partial charge < -0.3 is 19.7 Å². The van der Waals surface area contributed by atoms with E-state index in [0.29, 0.717) is 22.9 Å². The molecule has 0 aliphatic heterocycles. The van der Waals surface area contributed by atoms with Crippen LogP contribution in [0.4, 0.5) is 0 Å². The molecule has 3 rings (SSSR count). The van der Waals surface area contributed by atoms with E-state index in [0.717, 1.165) is 49.4 Å². The van der Waals surface area contributed by atoms with E-state index in [4.69, 9.17) is 9.47 Å². The van der Waals surface area contributed by atoms with Gasteiger partial charge in [-0.25, -0.2) is 8.42 Å². The highest BCUT2D eigenvalue weighted by atomic mass is 127. The number of ether oxygens (including phenoxy) is 2. The Kier molecular flexibility index (Phi) is 12.1. The van der Waals surface area contributed by atoms with Gasteiger partial charge in [-0.05, 0) is 69.2 Å². The quantitative estimate of drug-likeness (QED) is 0.165. The van der Waals surface area contributed by atoms with Crippen LogP contribution in [0.1, 0.15) is 43.2 Å². The summed E-state index contributed by atoms with van der Waals surface area (Å²) in [6.07, 6.45) is 5.71. The van der Waals surface area contributed by atoms with Crippen molar-refractivity contribution >= 4 is 38.5 Å². The van der Waals surface area contributed by atoms with Gasteiger partial charge in [-0.3, -0.25) is 9.69 Å². The Morgan fingerprint density at radius 2 is 1.71 bits per heavy atom. The molecule has 216 valence electrons. The molecule has 0 unspecified atom stereocenters. The molecule has 1 aromatic carbocycles. The van der Waals surface area contributed by atoms with Crippen molar-refractivity contribution in [2.24, 2.45) is 0 Å². The molecule has 0 bridgehead atoms. The lowest BCUT2D eigenvalue weighted by atomic mass is 10.1. The van der Waals surface area contributed by atoms with Crippen molar-refractivity contribution in [1.29, 1.82) is 0 Å². The minimum Gasteiger partial charge on any atom is -0.497 e. The van der Waals surface area contributed by atoms with Crippen LogP contribution in [0.3, 0.4) is 0 Å². The Morgan fingerprint density at radius 3 is 2.32 bits per heavy atom. The molecule has 1 aromatic rings. The van der Waals surface area contributed by atoms with Crippen LogP contribution < -0.4 is 10.1 Å². The second kappa shape index (κ2) is 14.6. The van der Waals surface area contributed by atoms with E-state index < -0.39 is 10.0 Å². The summed E-state index contributed by atoms with van der Waals surface area (Å²) in [7, 11) is 1.27. The van der Waals surface area contributed by atoms with Gasteiger partial charge in [0, 0.05) is 62.8 Å². The Balaban J connectivity index is 1.43. The number of hydrogen-bond donors (Lipinski definition) is 1. The molecular formula is C27H45IN4O5S. The van der Waals surface area contributed by atoms with Crippen LogP contribution in [0.15, 0.2) is 17.0 Å². The average Bonchev–Trinajstić information content (AvgIpc) is 3.57. The molecule has 0 saturated heterocycles. The second-order valence-corrected chi connectivity index (χ2v) is 13.6. The van der Waals surface area contributed by atoms with Crippen molar-refractivity contribution in [3.8, 4) is 5.75 Å². The molecule has 0 radical (unpaired) electrons. The van der Waals surface area contributed by atoms with Crippen LogP contribution in [0.2, 0.25) is 0 Å². The van der Waals surface area contributed by atoms with Crippen molar-refractivity contribution in [2.75, 3.05) is 65.0 Å². The van der Waals surface area contributed by atoms with Gasteiger partial charge in [0.05, 0.1) is 18.6 Å². The van der Waals surface area contributed by atoms with Crippen molar-refractivity contribution in [3.05, 3.63) is 23.3 Å². The van der Waals surface area contributed by atoms with Crippen LogP contribution in [0.25, 0.3) is 0 Å². The molecule has 2 fully saturated rings. The number of benzene rings is 1. The van der Waals surface area contributed by atoms with Crippen LogP contribution in [0, 0.1) is 13.8 Å². The molecule has 2 aliphatic carbocycles. The molecule has 1 N–H and O–H groups in total. The molecule has 2 aliphatic rings. The van der Waals surface area contributed by atoms with Gasteiger partial charge >= 0.3 is 0 Å². The summed E-state index contributed by atoms with van der Waals surface area (Å²) >= 11 is 2.44. The van der Waals surface area contributed by atoms with E-state index in [-0.39, 0.29) is 36.6 Å². The molecule has 2 saturated carbocycles. The lowest BCUT2D eigenvalue weighted by Gasteiger charge is -2.30. The fraction of sp³-hybridized carbons (Fsp3) is 0.741. The Morgan fingerprint density at radius 1 is 1.05 bits per heavy atom. The van der Waals surface area contributed by atoms with Crippen molar-refractivity contribution < 1.29 is 22.7 Å². The first-order chi connectivity index (χ1) is 18.1. The number of hydrogen-bond acceptors (Lipinski definition) is 7. The lowest BCUT2D eigenvalue weighted by Crippen LogP contribution is -2.42. The van der Waals surface area contributed by atoms with Crippen LogP contribution in [0.5, 0.6) is 5.75 Å². The van der Waals surface area contributed by atoms with Crippen LogP contribution >= 0.6 is 22.6 Å². The Hall–Kier alpha value is -0.990. The average molecular weight is 665 g/mol. The number of alkyl halides is 1. The van der Waals surface area contributed by atoms with Crippen molar-refractivity contribution in [3.63, 3.8) is 0 Å². The predicted octanol–water partition coefficient (Wildman–Crippen LogP) is 2.82. The number of aryl methyl sites for hydroxylation is 2. The van der Waals surface area contributed by atoms with E-state index in [1.165, 1.54) is 24.2 Å². The minimum atomic E-state index is -3.69. The Labute approximate surface area is 242 Å². The largest absolute Gasteiger partial charge is 0.497 e. The monoisotopic (exact) mass is 664 g/mol. The summed E-state index contributed by atoms with van der Waals surface area (Å²) < 4.78 is 39.6. The maximum absolute atomic E-state index is 13.2. The van der Waals surface area contributed by atoms with Gasteiger partial charge in [-0.1, -0.05) is 22.6 Å². The number of nitrogens with one attached hydrogen (secondary N) is 1. The molecule has 1 amide bonds. The predicted molar refractivity (Wildman–Crippen MR) is 159 cm³/mol. The first-order valence-electron chi connectivity index (χ1n) is 13.6. The van der Waals surface area contributed by atoms with E-state index in [1.54, 1.807) is 33.1 Å². The van der Waals surface area contributed by atoms with Gasteiger partial charge in [0.1, 0.15) is 12.4 Å². The molecule has 0 aromatic heterocycles. The zero-order chi connectivity index (χ0) is 27.9. The smallest absolute Gasteiger partial charge is 0.248 e. The summed E-state index contributed by atoms with van der Waals surface area (Å²) in [5.74, 6) is 0.572. The van der Waals surface area contributed by atoms with E-state index in [1.807, 2.05) is 11.9 Å². The number of rotatable bonds is 16. The van der Waals surface area contributed by atoms with Crippen molar-refractivity contribution in [2.45, 2.75) is 69.0 Å². The third-order valence-corrected chi connectivity index (χ3v) is 10.4. The highest BCUT2D eigenvalue weighted by Gasteiger charge is 2.33. The highest BCUT2D eigenvalue weighted by Crippen LogP contribution is 2.29. The first-order valence-corrected chi connectivity index (χ1v) is 16.5. The topological polar surface area (TPSA) is 91.4 Å². The van der Waals surface area contributed by atoms with Gasteiger partial charge in [0.25, 0.3) is 0 Å². The van der Waals surface area contributed by atoms with Gasteiger partial charge in [-0.2, -0.15) is 4.31 Å². The molecule has 0 spiro atoms. The fourth-order valence-corrected chi connectivity index (χ4v) is 7.45. The summed E-state index contributed by atoms with van der Waals surface area (Å²) in [4.78, 5) is 17.5. The van der Waals surface area contributed by atoms with E-state index in [2.05, 4.69) is 32.8 Å². The fourth-order valence-electron chi connectivity index (χ4n) is 5.27.